The maximum Gasteiger partial charge on any atom is 0.326 e. The molecule has 0 radical (unpaired) electrons. The fraction of sp³-hybridized carbons (Fsp3) is 0.625. The highest BCUT2D eigenvalue weighted by atomic mass is 16.4. The standard InChI is InChI=1S/C8H13NO3/c1-6(10)9-5-3-2-4-7(9)8(11)12/h7,10H,1-5H2,(H,11,12)/t7-/m0/s1. The molecule has 0 saturated carbocycles. The van der Waals surface area contributed by atoms with Crippen molar-refractivity contribution in [2.75, 3.05) is 6.54 Å². The van der Waals surface area contributed by atoms with Gasteiger partial charge >= 0.3 is 5.97 Å². The molecular weight excluding hydrogens is 158 g/mol. The van der Waals surface area contributed by atoms with Crippen LogP contribution in [0, 0.1) is 0 Å². The third-order valence-electron chi connectivity index (χ3n) is 2.12. The minimum absolute atomic E-state index is 0.137. The summed E-state index contributed by atoms with van der Waals surface area (Å²) in [6, 6.07) is -0.587. The van der Waals surface area contributed by atoms with Crippen LogP contribution in [-0.4, -0.2) is 33.7 Å². The van der Waals surface area contributed by atoms with Crippen molar-refractivity contribution in [3.63, 3.8) is 0 Å². The molecule has 4 nitrogen and oxygen atoms in total. The van der Waals surface area contributed by atoms with Gasteiger partial charge in [-0.3, -0.25) is 0 Å². The first-order valence-electron chi connectivity index (χ1n) is 4.00. The van der Waals surface area contributed by atoms with Gasteiger partial charge in [0.2, 0.25) is 0 Å². The van der Waals surface area contributed by atoms with E-state index in [0.29, 0.717) is 13.0 Å². The highest BCUT2D eigenvalue weighted by Crippen LogP contribution is 2.19. The number of nitrogens with zero attached hydrogens (tertiary/aromatic N) is 1. The number of aliphatic hydroxyl groups is 1. The number of likely N-dealkylation sites (tertiary alicyclic amines) is 1. The Balaban J connectivity index is 2.67. The Morgan fingerprint density at radius 1 is 1.42 bits per heavy atom. The van der Waals surface area contributed by atoms with Crippen molar-refractivity contribution in [3.05, 3.63) is 12.5 Å². The van der Waals surface area contributed by atoms with Crippen molar-refractivity contribution < 1.29 is 15.0 Å². The van der Waals surface area contributed by atoms with Gasteiger partial charge in [0.05, 0.1) is 0 Å². The molecule has 4 heteroatoms. The van der Waals surface area contributed by atoms with Crippen molar-refractivity contribution in [1.29, 1.82) is 0 Å². The van der Waals surface area contributed by atoms with Gasteiger partial charge in [-0.15, -0.1) is 0 Å². The highest BCUT2D eigenvalue weighted by Gasteiger charge is 2.28. The lowest BCUT2D eigenvalue weighted by Gasteiger charge is -2.33. The SMILES string of the molecule is C=C(O)N1CCCC[C@H]1C(=O)O. The summed E-state index contributed by atoms with van der Waals surface area (Å²) >= 11 is 0. The Morgan fingerprint density at radius 3 is 2.50 bits per heavy atom. The van der Waals surface area contributed by atoms with E-state index in [-0.39, 0.29) is 5.88 Å². The maximum atomic E-state index is 10.7. The first-order valence-corrected chi connectivity index (χ1v) is 4.00. The van der Waals surface area contributed by atoms with Crippen LogP contribution in [0.15, 0.2) is 12.5 Å². The van der Waals surface area contributed by atoms with Crippen LogP contribution in [0.4, 0.5) is 0 Å². The van der Waals surface area contributed by atoms with E-state index in [1.807, 2.05) is 0 Å². The van der Waals surface area contributed by atoms with E-state index in [1.165, 1.54) is 4.90 Å². The van der Waals surface area contributed by atoms with E-state index in [2.05, 4.69) is 6.58 Å². The molecule has 1 rings (SSSR count). The molecule has 0 aromatic carbocycles. The average Bonchev–Trinajstić information content (AvgIpc) is 2.04. The van der Waals surface area contributed by atoms with Crippen molar-refractivity contribution >= 4 is 5.97 Å². The van der Waals surface area contributed by atoms with E-state index < -0.39 is 12.0 Å². The Morgan fingerprint density at radius 2 is 2.08 bits per heavy atom. The first kappa shape index (κ1) is 8.90. The van der Waals surface area contributed by atoms with Crippen LogP contribution in [0.5, 0.6) is 0 Å². The van der Waals surface area contributed by atoms with Crippen LogP contribution in [0.2, 0.25) is 0 Å². The molecule has 2 N–H and O–H groups in total. The fourth-order valence-electron chi connectivity index (χ4n) is 1.50. The molecule has 1 aliphatic rings. The van der Waals surface area contributed by atoms with E-state index in [1.54, 1.807) is 0 Å². The lowest BCUT2D eigenvalue weighted by atomic mass is 10.0. The molecular formula is C8H13NO3. The fourth-order valence-corrected chi connectivity index (χ4v) is 1.50. The number of rotatable bonds is 2. The summed E-state index contributed by atoms with van der Waals surface area (Å²) in [5.74, 6) is -1.02. The summed E-state index contributed by atoms with van der Waals surface area (Å²) < 4.78 is 0. The second kappa shape index (κ2) is 3.47. The highest BCUT2D eigenvalue weighted by molar-refractivity contribution is 5.73. The molecule has 0 unspecified atom stereocenters. The van der Waals surface area contributed by atoms with Gasteiger partial charge in [0.25, 0.3) is 0 Å². The van der Waals surface area contributed by atoms with Crippen molar-refractivity contribution in [2.24, 2.45) is 0 Å². The van der Waals surface area contributed by atoms with E-state index in [0.717, 1.165) is 12.8 Å². The molecule has 0 bridgehead atoms. The maximum absolute atomic E-state index is 10.7. The van der Waals surface area contributed by atoms with Crippen LogP contribution >= 0.6 is 0 Å². The predicted molar refractivity (Wildman–Crippen MR) is 43.7 cm³/mol. The predicted octanol–water partition coefficient (Wildman–Crippen LogP) is 0.955. The van der Waals surface area contributed by atoms with Crippen molar-refractivity contribution in [2.45, 2.75) is 25.3 Å². The van der Waals surface area contributed by atoms with E-state index >= 15 is 0 Å². The summed E-state index contributed by atoms with van der Waals surface area (Å²) in [6.45, 7) is 3.92. The number of aliphatic carboxylic acids is 1. The van der Waals surface area contributed by atoms with Crippen LogP contribution < -0.4 is 0 Å². The Kier molecular flexibility index (Phi) is 2.58. The smallest absolute Gasteiger partial charge is 0.326 e. The van der Waals surface area contributed by atoms with Crippen LogP contribution in [0.25, 0.3) is 0 Å². The zero-order valence-electron chi connectivity index (χ0n) is 6.86. The van der Waals surface area contributed by atoms with Crippen LogP contribution in [-0.2, 0) is 4.79 Å². The van der Waals surface area contributed by atoms with E-state index in [4.69, 9.17) is 10.2 Å². The summed E-state index contributed by atoms with van der Waals surface area (Å²) in [6.07, 6.45) is 2.42. The minimum atomic E-state index is -0.884. The second-order valence-electron chi connectivity index (χ2n) is 2.96. The largest absolute Gasteiger partial charge is 0.495 e. The zero-order chi connectivity index (χ0) is 9.14. The molecule has 0 aromatic rings. The van der Waals surface area contributed by atoms with E-state index in [9.17, 15) is 4.79 Å². The summed E-state index contributed by atoms with van der Waals surface area (Å²) in [4.78, 5) is 12.1. The molecule has 68 valence electrons. The van der Waals surface area contributed by atoms with Crippen molar-refractivity contribution in [1.82, 2.24) is 4.90 Å². The monoisotopic (exact) mass is 171 g/mol. The zero-order valence-corrected chi connectivity index (χ0v) is 6.86. The van der Waals surface area contributed by atoms with Gasteiger partial charge in [0.1, 0.15) is 6.04 Å². The van der Waals surface area contributed by atoms with Gasteiger partial charge in [-0.05, 0) is 25.8 Å². The molecule has 0 aromatic heterocycles. The summed E-state index contributed by atoms with van der Waals surface area (Å²) in [5.41, 5.74) is 0. The number of hydrogen-bond acceptors (Lipinski definition) is 3. The quantitative estimate of drug-likeness (QED) is 0.607. The van der Waals surface area contributed by atoms with Crippen LogP contribution in [0.3, 0.4) is 0 Å². The lowest BCUT2D eigenvalue weighted by Crippen LogP contribution is -2.43. The number of aliphatic hydroxyl groups excluding tert-OH is 1. The molecule has 1 fully saturated rings. The minimum Gasteiger partial charge on any atom is -0.495 e. The Labute approximate surface area is 71.1 Å². The average molecular weight is 171 g/mol. The third kappa shape index (κ3) is 1.69. The van der Waals surface area contributed by atoms with Gasteiger partial charge in [-0.25, -0.2) is 4.79 Å². The topological polar surface area (TPSA) is 60.8 Å². The molecule has 0 spiro atoms. The molecule has 0 aliphatic carbocycles. The Hall–Kier alpha value is -1.19. The normalized spacial score (nSPS) is 23.7. The van der Waals surface area contributed by atoms with Gasteiger partial charge in [0.15, 0.2) is 5.88 Å². The number of hydrogen-bond donors (Lipinski definition) is 2. The van der Waals surface area contributed by atoms with Gasteiger partial charge in [-0.1, -0.05) is 0 Å². The number of piperidine rings is 1. The van der Waals surface area contributed by atoms with Gasteiger partial charge in [0, 0.05) is 6.54 Å². The molecule has 1 heterocycles. The summed E-state index contributed by atoms with van der Waals surface area (Å²) in [7, 11) is 0. The molecule has 12 heavy (non-hydrogen) atoms. The third-order valence-corrected chi connectivity index (χ3v) is 2.12. The summed E-state index contributed by atoms with van der Waals surface area (Å²) in [5, 5.41) is 17.8. The van der Waals surface area contributed by atoms with Crippen molar-refractivity contribution in [3.8, 4) is 0 Å². The van der Waals surface area contributed by atoms with Crippen LogP contribution in [0.1, 0.15) is 19.3 Å². The molecule has 1 aliphatic heterocycles. The number of carbonyl (C=O) groups is 1. The Bertz CT molecular complexity index is 180. The van der Waals surface area contributed by atoms with Gasteiger partial charge < -0.3 is 15.1 Å². The second-order valence-corrected chi connectivity index (χ2v) is 2.96. The molecule has 0 amide bonds. The number of carboxylic acid groups (broad SMARTS) is 1. The molecule has 1 atom stereocenters. The van der Waals surface area contributed by atoms with Gasteiger partial charge in [-0.2, -0.15) is 0 Å². The first-order chi connectivity index (χ1) is 5.63. The molecule has 1 saturated heterocycles. The number of carboxylic acids is 1. The lowest BCUT2D eigenvalue weighted by molar-refractivity contribution is -0.144.